The first-order valence-corrected chi connectivity index (χ1v) is 13.0. The molecule has 9 nitrogen and oxygen atoms in total. The summed E-state index contributed by atoms with van der Waals surface area (Å²) in [5.74, 6) is -3.56. The van der Waals surface area contributed by atoms with E-state index >= 15 is 4.39 Å². The van der Waals surface area contributed by atoms with E-state index in [1.54, 1.807) is 12.1 Å². The molecule has 1 aliphatic heterocycles. The van der Waals surface area contributed by atoms with Gasteiger partial charge in [-0.05, 0) is 61.5 Å². The number of rotatable bonds is 7. The van der Waals surface area contributed by atoms with Gasteiger partial charge in [-0.15, -0.1) is 0 Å². The summed E-state index contributed by atoms with van der Waals surface area (Å²) in [6, 6.07) is 15.2. The average molecular weight is 539 g/mol. The Kier molecular flexibility index (Phi) is 7.31. The smallest absolute Gasteiger partial charge is 0.300 e. The predicted octanol–water partition coefficient (Wildman–Crippen LogP) is 3.68. The first-order chi connectivity index (χ1) is 18.0. The van der Waals surface area contributed by atoms with E-state index < -0.39 is 45.2 Å². The van der Waals surface area contributed by atoms with Crippen LogP contribution in [0.2, 0.25) is 0 Å². The van der Waals surface area contributed by atoms with Crippen LogP contribution in [0.25, 0.3) is 5.76 Å². The molecule has 4 rings (SSSR count). The Hall–Kier alpha value is -4.51. The minimum atomic E-state index is -4.15. The molecule has 3 aromatic carbocycles. The van der Waals surface area contributed by atoms with Gasteiger partial charge in [0.1, 0.15) is 17.3 Å². The highest BCUT2D eigenvalue weighted by Gasteiger charge is 2.47. The molecule has 1 fully saturated rings. The number of nitrogens with zero attached hydrogens (tertiary/aromatic N) is 1. The van der Waals surface area contributed by atoms with Crippen LogP contribution in [0.1, 0.15) is 31.0 Å². The number of hydrogen-bond acceptors (Lipinski definition) is 7. The lowest BCUT2D eigenvalue weighted by atomic mass is 9.94. The van der Waals surface area contributed by atoms with Crippen molar-refractivity contribution in [3.05, 3.63) is 95.3 Å². The van der Waals surface area contributed by atoms with Crippen LogP contribution < -0.4 is 14.4 Å². The SMILES string of the molecule is CCOc1ccc(/C(O)=C2\C(=O)C(=O)N(c3ccc(S(=O)(=O)NC(C)=O)cc3)C2c2ccccc2F)cc1. The summed E-state index contributed by atoms with van der Waals surface area (Å²) in [5, 5.41) is 11.1. The quantitative estimate of drug-likeness (QED) is 0.267. The predicted molar refractivity (Wildman–Crippen MR) is 136 cm³/mol. The molecule has 1 aliphatic rings. The van der Waals surface area contributed by atoms with Crippen molar-refractivity contribution in [3.63, 3.8) is 0 Å². The van der Waals surface area contributed by atoms with Gasteiger partial charge in [0.15, 0.2) is 0 Å². The van der Waals surface area contributed by atoms with E-state index in [-0.39, 0.29) is 27.3 Å². The Bertz CT molecular complexity index is 1550. The monoisotopic (exact) mass is 538 g/mol. The van der Waals surface area contributed by atoms with Gasteiger partial charge in [-0.2, -0.15) is 0 Å². The molecule has 0 spiro atoms. The molecule has 196 valence electrons. The van der Waals surface area contributed by atoms with Crippen LogP contribution in [0.15, 0.2) is 83.3 Å². The van der Waals surface area contributed by atoms with Gasteiger partial charge in [-0.1, -0.05) is 18.2 Å². The lowest BCUT2D eigenvalue weighted by Gasteiger charge is -2.26. The molecule has 11 heteroatoms. The van der Waals surface area contributed by atoms with Gasteiger partial charge in [-0.3, -0.25) is 19.3 Å². The third-order valence-electron chi connectivity index (χ3n) is 5.79. The number of nitrogens with one attached hydrogen (secondary N) is 1. The first kappa shape index (κ1) is 26.6. The van der Waals surface area contributed by atoms with Gasteiger partial charge in [0.25, 0.3) is 21.7 Å². The Balaban J connectivity index is 1.85. The van der Waals surface area contributed by atoms with Crippen molar-refractivity contribution < 1.29 is 37.0 Å². The van der Waals surface area contributed by atoms with Crippen LogP contribution in [0, 0.1) is 5.82 Å². The molecule has 38 heavy (non-hydrogen) atoms. The van der Waals surface area contributed by atoms with Crippen LogP contribution in [0.3, 0.4) is 0 Å². The summed E-state index contributed by atoms with van der Waals surface area (Å²) in [5.41, 5.74) is -0.0919. The lowest BCUT2D eigenvalue weighted by molar-refractivity contribution is -0.132. The maximum absolute atomic E-state index is 15.0. The number of aliphatic hydroxyl groups is 1. The van der Waals surface area contributed by atoms with Gasteiger partial charge >= 0.3 is 0 Å². The Morgan fingerprint density at radius 3 is 2.24 bits per heavy atom. The number of sulfonamides is 1. The second-order valence-electron chi connectivity index (χ2n) is 8.30. The number of carbonyl (C=O) groups excluding carboxylic acids is 3. The molecule has 0 saturated carbocycles. The van der Waals surface area contributed by atoms with Crippen molar-refractivity contribution in [1.29, 1.82) is 0 Å². The van der Waals surface area contributed by atoms with Crippen LogP contribution in [0.5, 0.6) is 5.75 Å². The molecule has 1 unspecified atom stereocenters. The van der Waals surface area contributed by atoms with E-state index in [0.717, 1.165) is 30.0 Å². The average Bonchev–Trinajstić information content (AvgIpc) is 3.14. The fourth-order valence-electron chi connectivity index (χ4n) is 4.16. The van der Waals surface area contributed by atoms with Crippen molar-refractivity contribution in [2.45, 2.75) is 24.8 Å². The fourth-order valence-corrected chi connectivity index (χ4v) is 5.15. The number of anilines is 1. The highest BCUT2D eigenvalue weighted by molar-refractivity contribution is 7.90. The molecule has 0 aromatic heterocycles. The highest BCUT2D eigenvalue weighted by atomic mass is 32.2. The highest BCUT2D eigenvalue weighted by Crippen LogP contribution is 2.43. The van der Waals surface area contributed by atoms with Gasteiger partial charge < -0.3 is 9.84 Å². The first-order valence-electron chi connectivity index (χ1n) is 11.5. The minimum Gasteiger partial charge on any atom is -0.507 e. The molecule has 0 bridgehead atoms. The molecule has 2 amide bonds. The number of Topliss-reactive ketones (excluding diaryl/α,β-unsaturated/α-hetero) is 1. The summed E-state index contributed by atoms with van der Waals surface area (Å²) >= 11 is 0. The zero-order valence-electron chi connectivity index (χ0n) is 20.3. The standard InChI is InChI=1S/C27H23FN2O7S/c1-3-37-19-12-8-17(9-13-19)25(32)23-24(21-6-4-5-7-22(21)28)30(27(34)26(23)33)18-10-14-20(15-11-18)38(35,36)29-16(2)31/h4-15,24,32H,3H2,1-2H3,(H,29,31)/b25-23+. The van der Waals surface area contributed by atoms with E-state index in [0.29, 0.717) is 12.4 Å². The lowest BCUT2D eigenvalue weighted by Crippen LogP contribution is -2.30. The van der Waals surface area contributed by atoms with Crippen LogP contribution >= 0.6 is 0 Å². The normalized spacial score (nSPS) is 16.9. The summed E-state index contributed by atoms with van der Waals surface area (Å²) in [4.78, 5) is 38.4. The molecule has 1 atom stereocenters. The molecule has 3 aromatic rings. The molecule has 0 aliphatic carbocycles. The molecule has 1 saturated heterocycles. The van der Waals surface area contributed by atoms with Crippen molar-refractivity contribution >= 4 is 39.1 Å². The van der Waals surface area contributed by atoms with Gasteiger partial charge in [-0.25, -0.2) is 17.5 Å². The number of carbonyl (C=O) groups is 3. The summed E-state index contributed by atoms with van der Waals surface area (Å²) in [6.07, 6.45) is 0. The number of hydrogen-bond donors (Lipinski definition) is 2. The van der Waals surface area contributed by atoms with Crippen LogP contribution in [0.4, 0.5) is 10.1 Å². The van der Waals surface area contributed by atoms with E-state index in [4.69, 9.17) is 4.74 Å². The topological polar surface area (TPSA) is 130 Å². The van der Waals surface area contributed by atoms with E-state index in [1.165, 1.54) is 42.5 Å². The minimum absolute atomic E-state index is 0.0471. The third-order valence-corrected chi connectivity index (χ3v) is 7.24. The van der Waals surface area contributed by atoms with E-state index in [2.05, 4.69) is 0 Å². The second-order valence-corrected chi connectivity index (χ2v) is 9.99. The molecule has 1 heterocycles. The number of halogens is 1. The zero-order valence-corrected chi connectivity index (χ0v) is 21.2. The number of ketones is 1. The van der Waals surface area contributed by atoms with Crippen molar-refractivity contribution in [3.8, 4) is 5.75 Å². The summed E-state index contributed by atoms with van der Waals surface area (Å²) in [6.45, 7) is 3.28. The van der Waals surface area contributed by atoms with Gasteiger partial charge in [0.05, 0.1) is 23.1 Å². The molecule has 0 radical (unpaired) electrons. The number of aliphatic hydroxyl groups excluding tert-OH is 1. The molecular weight excluding hydrogens is 515 g/mol. The summed E-state index contributed by atoms with van der Waals surface area (Å²) < 4.78 is 46.9. The van der Waals surface area contributed by atoms with Crippen LogP contribution in [-0.2, 0) is 24.4 Å². The van der Waals surface area contributed by atoms with Crippen molar-refractivity contribution in [1.82, 2.24) is 4.72 Å². The van der Waals surface area contributed by atoms with E-state index in [9.17, 15) is 27.9 Å². The fraction of sp³-hybridized carbons (Fsp3) is 0.148. The summed E-state index contributed by atoms with van der Waals surface area (Å²) in [7, 11) is -4.15. The molecular formula is C27H23FN2O7S. The second kappa shape index (κ2) is 10.5. The Morgan fingerprint density at radius 2 is 1.66 bits per heavy atom. The maximum Gasteiger partial charge on any atom is 0.300 e. The Morgan fingerprint density at radius 1 is 1.03 bits per heavy atom. The van der Waals surface area contributed by atoms with Crippen molar-refractivity contribution in [2.75, 3.05) is 11.5 Å². The number of benzene rings is 3. The number of amides is 2. The van der Waals surface area contributed by atoms with Gasteiger partial charge in [0.2, 0.25) is 5.91 Å². The van der Waals surface area contributed by atoms with E-state index in [1.807, 2.05) is 11.6 Å². The number of ether oxygens (including phenoxy) is 1. The maximum atomic E-state index is 15.0. The largest absolute Gasteiger partial charge is 0.507 e. The van der Waals surface area contributed by atoms with Gasteiger partial charge in [0, 0.05) is 23.7 Å². The van der Waals surface area contributed by atoms with Crippen LogP contribution in [-0.4, -0.2) is 37.7 Å². The third kappa shape index (κ3) is 5.00. The van der Waals surface area contributed by atoms with Crippen molar-refractivity contribution in [2.24, 2.45) is 0 Å². The Labute approximate surface area is 218 Å². The molecule has 2 N–H and O–H groups in total. The zero-order chi connectivity index (χ0) is 27.6.